The molecule has 1 N–H and O–H groups in total. The number of ether oxygens (including phenoxy) is 3. The van der Waals surface area contributed by atoms with E-state index in [1.54, 1.807) is 12.1 Å². The standard InChI is InChI=1S/C17H16N2O6/c1-11(12-5-6-15-16(7-12)25-10-24-15)18-17(20)9-23-14-4-2-3-13(8-14)19(21)22/h2-8,11H,9-10H2,1H3,(H,18,20)/t11-/m1/s1. The Morgan fingerprint density at radius 1 is 1.28 bits per heavy atom. The van der Waals surface area contributed by atoms with Crippen LogP contribution in [0.1, 0.15) is 18.5 Å². The van der Waals surface area contributed by atoms with Gasteiger partial charge in [0.25, 0.3) is 11.6 Å². The molecule has 130 valence electrons. The molecule has 0 saturated heterocycles. The Morgan fingerprint density at radius 3 is 2.88 bits per heavy atom. The van der Waals surface area contributed by atoms with Crippen molar-refractivity contribution in [1.82, 2.24) is 5.32 Å². The summed E-state index contributed by atoms with van der Waals surface area (Å²) in [6.45, 7) is 1.79. The van der Waals surface area contributed by atoms with Crippen LogP contribution in [0.3, 0.4) is 0 Å². The van der Waals surface area contributed by atoms with Crippen molar-refractivity contribution in [2.24, 2.45) is 0 Å². The predicted molar refractivity (Wildman–Crippen MR) is 87.7 cm³/mol. The zero-order valence-electron chi connectivity index (χ0n) is 13.4. The Bertz CT molecular complexity index is 807. The molecular weight excluding hydrogens is 328 g/mol. The van der Waals surface area contributed by atoms with E-state index < -0.39 is 4.92 Å². The van der Waals surface area contributed by atoms with Gasteiger partial charge in [0.15, 0.2) is 18.1 Å². The monoisotopic (exact) mass is 344 g/mol. The van der Waals surface area contributed by atoms with Gasteiger partial charge in [0.1, 0.15) is 5.75 Å². The number of benzene rings is 2. The number of nitrogens with one attached hydrogen (secondary N) is 1. The largest absolute Gasteiger partial charge is 0.484 e. The number of non-ortho nitro benzene ring substituents is 1. The molecule has 0 aromatic heterocycles. The normalized spacial score (nSPS) is 13.2. The molecule has 1 heterocycles. The lowest BCUT2D eigenvalue weighted by atomic mass is 10.1. The number of carbonyl (C=O) groups excluding carboxylic acids is 1. The number of hydrogen-bond donors (Lipinski definition) is 1. The van der Waals surface area contributed by atoms with Crippen LogP contribution in [0.4, 0.5) is 5.69 Å². The summed E-state index contributed by atoms with van der Waals surface area (Å²) >= 11 is 0. The molecule has 2 aromatic rings. The molecule has 1 aliphatic rings. The highest BCUT2D eigenvalue weighted by atomic mass is 16.7. The van der Waals surface area contributed by atoms with Gasteiger partial charge in [-0.15, -0.1) is 0 Å². The minimum Gasteiger partial charge on any atom is -0.484 e. The molecule has 1 atom stereocenters. The lowest BCUT2D eigenvalue weighted by Crippen LogP contribution is -2.31. The van der Waals surface area contributed by atoms with Gasteiger partial charge in [-0.05, 0) is 30.7 Å². The first-order valence-electron chi connectivity index (χ1n) is 7.59. The third-order valence-corrected chi connectivity index (χ3v) is 3.67. The van der Waals surface area contributed by atoms with Gasteiger partial charge in [-0.3, -0.25) is 14.9 Å². The zero-order chi connectivity index (χ0) is 17.8. The van der Waals surface area contributed by atoms with Crippen LogP contribution in [0.15, 0.2) is 42.5 Å². The number of nitro groups is 1. The van der Waals surface area contributed by atoms with Gasteiger partial charge in [0.2, 0.25) is 6.79 Å². The number of fused-ring (bicyclic) bond motifs is 1. The van der Waals surface area contributed by atoms with Gasteiger partial charge in [-0.25, -0.2) is 0 Å². The van der Waals surface area contributed by atoms with Gasteiger partial charge in [0, 0.05) is 6.07 Å². The lowest BCUT2D eigenvalue weighted by molar-refractivity contribution is -0.384. The van der Waals surface area contributed by atoms with E-state index in [1.807, 2.05) is 19.1 Å². The minimum absolute atomic E-state index is 0.0911. The molecule has 8 heteroatoms. The average Bonchev–Trinajstić information content (AvgIpc) is 3.07. The zero-order valence-corrected chi connectivity index (χ0v) is 13.4. The topological polar surface area (TPSA) is 99.9 Å². The number of carbonyl (C=O) groups is 1. The van der Waals surface area contributed by atoms with Crippen molar-refractivity contribution in [2.45, 2.75) is 13.0 Å². The highest BCUT2D eigenvalue weighted by Gasteiger charge is 2.17. The SMILES string of the molecule is C[C@@H](NC(=O)COc1cccc([N+](=O)[O-])c1)c1ccc2c(c1)OCO2. The van der Waals surface area contributed by atoms with Crippen LogP contribution >= 0.6 is 0 Å². The quantitative estimate of drug-likeness (QED) is 0.638. The summed E-state index contributed by atoms with van der Waals surface area (Å²) in [5, 5.41) is 13.5. The van der Waals surface area contributed by atoms with E-state index in [9.17, 15) is 14.9 Å². The van der Waals surface area contributed by atoms with Gasteiger partial charge >= 0.3 is 0 Å². The average molecular weight is 344 g/mol. The summed E-state index contributed by atoms with van der Waals surface area (Å²) in [7, 11) is 0. The molecule has 0 saturated carbocycles. The predicted octanol–water partition coefficient (Wildman–Crippen LogP) is 2.58. The van der Waals surface area contributed by atoms with Crippen LogP contribution in [-0.2, 0) is 4.79 Å². The summed E-state index contributed by atoms with van der Waals surface area (Å²) in [6, 6.07) is 10.9. The fourth-order valence-electron chi connectivity index (χ4n) is 2.38. The summed E-state index contributed by atoms with van der Waals surface area (Å²) in [4.78, 5) is 22.2. The molecule has 0 bridgehead atoms. The van der Waals surface area contributed by atoms with Crippen LogP contribution in [-0.4, -0.2) is 24.2 Å². The second kappa shape index (κ2) is 7.08. The molecule has 8 nitrogen and oxygen atoms in total. The summed E-state index contributed by atoms with van der Waals surface area (Å²) in [5.41, 5.74) is 0.777. The van der Waals surface area contributed by atoms with Gasteiger partial charge in [-0.2, -0.15) is 0 Å². The molecule has 0 spiro atoms. The highest BCUT2D eigenvalue weighted by Crippen LogP contribution is 2.34. The molecular formula is C17H16N2O6. The van der Waals surface area contributed by atoms with E-state index in [0.717, 1.165) is 5.56 Å². The Labute approximate surface area is 143 Å². The van der Waals surface area contributed by atoms with Gasteiger partial charge in [0.05, 0.1) is 17.0 Å². The number of rotatable bonds is 6. The number of amides is 1. The third kappa shape index (κ3) is 3.97. The van der Waals surface area contributed by atoms with Crippen LogP contribution in [0.5, 0.6) is 17.2 Å². The van der Waals surface area contributed by atoms with Crippen LogP contribution in [0.25, 0.3) is 0 Å². The number of nitro benzene ring substituents is 1. The van der Waals surface area contributed by atoms with E-state index in [0.29, 0.717) is 11.5 Å². The summed E-state index contributed by atoms with van der Waals surface area (Å²) in [5.74, 6) is 1.25. The molecule has 0 fully saturated rings. The van der Waals surface area contributed by atoms with Crippen LogP contribution in [0.2, 0.25) is 0 Å². The second-order valence-electron chi connectivity index (χ2n) is 5.45. The van der Waals surface area contributed by atoms with Crippen molar-refractivity contribution in [3.05, 3.63) is 58.1 Å². The maximum absolute atomic E-state index is 12.0. The van der Waals surface area contributed by atoms with E-state index in [4.69, 9.17) is 14.2 Å². The second-order valence-corrected chi connectivity index (χ2v) is 5.45. The first kappa shape index (κ1) is 16.6. The molecule has 2 aromatic carbocycles. The summed E-state index contributed by atoms with van der Waals surface area (Å²) in [6.07, 6.45) is 0. The smallest absolute Gasteiger partial charge is 0.273 e. The molecule has 25 heavy (non-hydrogen) atoms. The lowest BCUT2D eigenvalue weighted by Gasteiger charge is -2.15. The van der Waals surface area contributed by atoms with Crippen molar-refractivity contribution < 1.29 is 23.9 Å². The Hall–Kier alpha value is -3.29. The number of nitrogens with zero attached hydrogens (tertiary/aromatic N) is 1. The molecule has 0 aliphatic carbocycles. The van der Waals surface area contributed by atoms with Gasteiger partial charge < -0.3 is 19.5 Å². The first-order valence-corrected chi connectivity index (χ1v) is 7.59. The highest BCUT2D eigenvalue weighted by molar-refractivity contribution is 5.78. The Balaban J connectivity index is 1.55. The Kier molecular flexibility index (Phi) is 4.69. The van der Waals surface area contributed by atoms with Gasteiger partial charge in [-0.1, -0.05) is 12.1 Å². The minimum atomic E-state index is -0.519. The van der Waals surface area contributed by atoms with E-state index in [1.165, 1.54) is 18.2 Å². The molecule has 3 rings (SSSR count). The first-order chi connectivity index (χ1) is 12.0. The fraction of sp³-hybridized carbons (Fsp3) is 0.235. The van der Waals surface area contributed by atoms with Crippen molar-refractivity contribution in [2.75, 3.05) is 13.4 Å². The van der Waals surface area contributed by atoms with E-state index >= 15 is 0 Å². The maximum atomic E-state index is 12.0. The van der Waals surface area contributed by atoms with Crippen molar-refractivity contribution in [3.63, 3.8) is 0 Å². The Morgan fingerprint density at radius 2 is 2.08 bits per heavy atom. The maximum Gasteiger partial charge on any atom is 0.273 e. The van der Waals surface area contributed by atoms with Crippen LogP contribution in [0, 0.1) is 10.1 Å². The molecule has 0 radical (unpaired) electrons. The van der Waals surface area contributed by atoms with E-state index in [-0.39, 0.29) is 36.8 Å². The summed E-state index contributed by atoms with van der Waals surface area (Å²) < 4.78 is 15.9. The third-order valence-electron chi connectivity index (χ3n) is 3.67. The molecule has 1 amide bonds. The molecule has 1 aliphatic heterocycles. The van der Waals surface area contributed by atoms with Crippen molar-refractivity contribution in [3.8, 4) is 17.2 Å². The van der Waals surface area contributed by atoms with Crippen molar-refractivity contribution >= 4 is 11.6 Å². The molecule has 0 unspecified atom stereocenters. The number of hydrogen-bond acceptors (Lipinski definition) is 6. The van der Waals surface area contributed by atoms with Crippen LogP contribution < -0.4 is 19.5 Å². The van der Waals surface area contributed by atoms with Crippen molar-refractivity contribution in [1.29, 1.82) is 0 Å². The fourth-order valence-corrected chi connectivity index (χ4v) is 2.38. The van der Waals surface area contributed by atoms with E-state index in [2.05, 4.69) is 5.32 Å².